The van der Waals surface area contributed by atoms with Crippen LogP contribution in [0.1, 0.15) is 51.0 Å². The van der Waals surface area contributed by atoms with Crippen LogP contribution >= 0.6 is 0 Å². The molecule has 1 atom stereocenters. The molecule has 1 aromatic rings. The van der Waals surface area contributed by atoms with Gasteiger partial charge in [-0.2, -0.15) is 0 Å². The lowest BCUT2D eigenvalue weighted by Crippen LogP contribution is -1.95. The summed E-state index contributed by atoms with van der Waals surface area (Å²) in [5.74, 6) is 0.652. The number of allylic oxidation sites excluding steroid dienone is 2. The van der Waals surface area contributed by atoms with Gasteiger partial charge in [0, 0.05) is 0 Å². The van der Waals surface area contributed by atoms with Gasteiger partial charge in [-0.05, 0) is 24.3 Å². The van der Waals surface area contributed by atoms with Crippen LogP contribution in [0, 0.1) is 5.92 Å². The van der Waals surface area contributed by atoms with E-state index in [0.29, 0.717) is 5.92 Å². The van der Waals surface area contributed by atoms with Crippen LogP contribution in [0.15, 0.2) is 49.1 Å². The molecule has 0 amide bonds. The van der Waals surface area contributed by atoms with Crippen LogP contribution < -0.4 is 0 Å². The molecular formula is C18H26. The van der Waals surface area contributed by atoms with Crippen molar-refractivity contribution in [3.8, 4) is 0 Å². The molecule has 0 saturated carbocycles. The lowest BCUT2D eigenvalue weighted by atomic mass is 9.96. The lowest BCUT2D eigenvalue weighted by molar-refractivity contribution is 0.536. The summed E-state index contributed by atoms with van der Waals surface area (Å²) < 4.78 is 0. The highest BCUT2D eigenvalue weighted by atomic mass is 14.1. The lowest BCUT2D eigenvalue weighted by Gasteiger charge is -2.09. The third-order valence-corrected chi connectivity index (χ3v) is 3.26. The van der Waals surface area contributed by atoms with Crippen LogP contribution in [0.5, 0.6) is 0 Å². The molecule has 18 heavy (non-hydrogen) atoms. The van der Waals surface area contributed by atoms with Crippen LogP contribution in [-0.4, -0.2) is 0 Å². The summed E-state index contributed by atoms with van der Waals surface area (Å²) in [6.45, 7) is 6.13. The Morgan fingerprint density at radius 1 is 1.11 bits per heavy atom. The van der Waals surface area contributed by atoms with Crippen molar-refractivity contribution < 1.29 is 0 Å². The summed E-state index contributed by atoms with van der Waals surface area (Å²) in [5, 5.41) is 0. The van der Waals surface area contributed by atoms with Crippen LogP contribution in [0.25, 0.3) is 6.08 Å². The Hall–Kier alpha value is -1.30. The summed E-state index contributed by atoms with van der Waals surface area (Å²) >= 11 is 0. The number of unbranched alkanes of at least 4 members (excludes halogenated alkanes) is 3. The van der Waals surface area contributed by atoms with E-state index in [4.69, 9.17) is 0 Å². The molecule has 0 N–H and O–H groups in total. The number of hydrogen-bond acceptors (Lipinski definition) is 0. The van der Waals surface area contributed by atoms with E-state index in [1.807, 2.05) is 6.08 Å². The van der Waals surface area contributed by atoms with Crippen molar-refractivity contribution in [1.82, 2.24) is 0 Å². The van der Waals surface area contributed by atoms with Gasteiger partial charge in [0.1, 0.15) is 0 Å². The molecule has 0 aromatic heterocycles. The minimum Gasteiger partial charge on any atom is -0.103 e. The predicted octanol–water partition coefficient (Wildman–Crippen LogP) is 5.86. The van der Waals surface area contributed by atoms with Gasteiger partial charge < -0.3 is 0 Å². The van der Waals surface area contributed by atoms with E-state index in [9.17, 15) is 0 Å². The van der Waals surface area contributed by atoms with Crippen LogP contribution in [0.4, 0.5) is 0 Å². The summed E-state index contributed by atoms with van der Waals surface area (Å²) in [5.41, 5.74) is 1.29. The minimum absolute atomic E-state index is 0.652. The summed E-state index contributed by atoms with van der Waals surface area (Å²) in [6, 6.07) is 10.5. The standard InChI is InChI=1S/C18H26/c1-3-5-6-8-12-17(11-4-2)15-16-18-13-9-7-10-14-18/h4,7,9-10,13-17H,2-3,5-6,8,11-12H2,1H3/b16-15+. The van der Waals surface area contributed by atoms with Crippen molar-refractivity contribution in [2.75, 3.05) is 0 Å². The first-order chi connectivity index (χ1) is 8.86. The van der Waals surface area contributed by atoms with Crippen LogP contribution in [-0.2, 0) is 0 Å². The first kappa shape index (κ1) is 14.8. The molecule has 0 aliphatic heterocycles. The zero-order valence-corrected chi connectivity index (χ0v) is 11.6. The zero-order chi connectivity index (χ0) is 13.1. The average Bonchev–Trinajstić information content (AvgIpc) is 2.42. The van der Waals surface area contributed by atoms with Crippen molar-refractivity contribution in [1.29, 1.82) is 0 Å². The van der Waals surface area contributed by atoms with Crippen molar-refractivity contribution in [2.45, 2.75) is 45.4 Å². The number of hydrogen-bond donors (Lipinski definition) is 0. The van der Waals surface area contributed by atoms with Gasteiger partial charge in [-0.3, -0.25) is 0 Å². The molecule has 0 heteroatoms. The highest BCUT2D eigenvalue weighted by molar-refractivity contribution is 5.48. The molecule has 0 spiro atoms. The minimum atomic E-state index is 0.652. The van der Waals surface area contributed by atoms with Crippen molar-refractivity contribution in [3.63, 3.8) is 0 Å². The van der Waals surface area contributed by atoms with E-state index in [1.54, 1.807) is 0 Å². The van der Waals surface area contributed by atoms with Gasteiger partial charge in [0.15, 0.2) is 0 Å². The highest BCUT2D eigenvalue weighted by Gasteiger charge is 2.02. The van der Waals surface area contributed by atoms with Gasteiger partial charge in [-0.25, -0.2) is 0 Å². The monoisotopic (exact) mass is 242 g/mol. The molecule has 1 unspecified atom stereocenters. The van der Waals surface area contributed by atoms with Gasteiger partial charge in [0.25, 0.3) is 0 Å². The second kappa shape index (κ2) is 9.70. The van der Waals surface area contributed by atoms with Gasteiger partial charge >= 0.3 is 0 Å². The molecule has 0 radical (unpaired) electrons. The molecule has 0 heterocycles. The maximum Gasteiger partial charge on any atom is -0.0196 e. The Labute approximate surface area is 112 Å². The Morgan fingerprint density at radius 2 is 1.89 bits per heavy atom. The van der Waals surface area contributed by atoms with E-state index in [-0.39, 0.29) is 0 Å². The molecule has 0 fully saturated rings. The molecule has 0 nitrogen and oxygen atoms in total. The third-order valence-electron chi connectivity index (χ3n) is 3.26. The van der Waals surface area contributed by atoms with E-state index in [2.05, 4.69) is 56.0 Å². The van der Waals surface area contributed by atoms with Gasteiger partial charge in [0.05, 0.1) is 0 Å². The fourth-order valence-corrected chi connectivity index (χ4v) is 2.15. The van der Waals surface area contributed by atoms with E-state index in [1.165, 1.54) is 37.7 Å². The SMILES string of the molecule is C=CCC(/C=C/c1ccccc1)CCCCCC. The van der Waals surface area contributed by atoms with Gasteiger partial charge in [-0.15, -0.1) is 6.58 Å². The molecule has 0 aliphatic rings. The highest BCUT2D eigenvalue weighted by Crippen LogP contribution is 2.17. The first-order valence-corrected chi connectivity index (χ1v) is 7.21. The van der Waals surface area contributed by atoms with E-state index in [0.717, 1.165) is 6.42 Å². The maximum absolute atomic E-state index is 3.87. The zero-order valence-electron chi connectivity index (χ0n) is 11.6. The normalized spacial score (nSPS) is 12.7. The first-order valence-electron chi connectivity index (χ1n) is 7.21. The smallest absolute Gasteiger partial charge is 0.0196 e. The molecular weight excluding hydrogens is 216 g/mol. The van der Waals surface area contributed by atoms with Crippen LogP contribution in [0.2, 0.25) is 0 Å². The fraction of sp³-hybridized carbons (Fsp3) is 0.444. The van der Waals surface area contributed by atoms with Crippen molar-refractivity contribution in [2.24, 2.45) is 5.92 Å². The van der Waals surface area contributed by atoms with Gasteiger partial charge in [0.2, 0.25) is 0 Å². The largest absolute Gasteiger partial charge is 0.103 e. The molecule has 1 aromatic carbocycles. The Morgan fingerprint density at radius 3 is 2.56 bits per heavy atom. The molecule has 0 saturated heterocycles. The summed E-state index contributed by atoms with van der Waals surface area (Å²) in [6.07, 6.45) is 14.4. The summed E-state index contributed by atoms with van der Waals surface area (Å²) in [7, 11) is 0. The second-order valence-corrected chi connectivity index (χ2v) is 4.90. The topological polar surface area (TPSA) is 0 Å². The Balaban J connectivity index is 2.41. The maximum atomic E-state index is 3.87. The van der Waals surface area contributed by atoms with E-state index < -0.39 is 0 Å². The third kappa shape index (κ3) is 6.44. The molecule has 1 rings (SSSR count). The Bertz CT molecular complexity index is 334. The van der Waals surface area contributed by atoms with Crippen molar-refractivity contribution in [3.05, 3.63) is 54.6 Å². The summed E-state index contributed by atoms with van der Waals surface area (Å²) in [4.78, 5) is 0. The second-order valence-electron chi connectivity index (χ2n) is 4.90. The van der Waals surface area contributed by atoms with E-state index >= 15 is 0 Å². The van der Waals surface area contributed by atoms with Gasteiger partial charge in [-0.1, -0.05) is 81.2 Å². The van der Waals surface area contributed by atoms with Crippen molar-refractivity contribution >= 4 is 6.08 Å². The average molecular weight is 242 g/mol. The number of benzene rings is 1. The molecule has 0 bridgehead atoms. The fourth-order valence-electron chi connectivity index (χ4n) is 2.15. The molecule has 98 valence electrons. The molecule has 0 aliphatic carbocycles. The quantitative estimate of drug-likeness (QED) is 0.375. The van der Waals surface area contributed by atoms with Crippen LogP contribution in [0.3, 0.4) is 0 Å². The predicted molar refractivity (Wildman–Crippen MR) is 82.5 cm³/mol. The Kier molecular flexibility index (Phi) is 7.96. The number of rotatable bonds is 9.